The highest BCUT2D eigenvalue weighted by molar-refractivity contribution is 5.82. The summed E-state index contributed by atoms with van der Waals surface area (Å²) in [4.78, 5) is 2.33. The molecule has 0 spiro atoms. The minimum atomic E-state index is -1.56. The lowest BCUT2D eigenvalue weighted by Crippen LogP contribution is -2.60. The van der Waals surface area contributed by atoms with Gasteiger partial charge in [-0.05, 0) is 48.2 Å². The number of aromatic hydroxyl groups is 1. The van der Waals surface area contributed by atoms with E-state index in [0.717, 1.165) is 36.1 Å². The normalized spacial score (nSPS) is 32.3. The van der Waals surface area contributed by atoms with Crippen LogP contribution in [0.25, 0.3) is 11.1 Å². The van der Waals surface area contributed by atoms with Crippen molar-refractivity contribution in [1.29, 1.82) is 0 Å². The van der Waals surface area contributed by atoms with Gasteiger partial charge in [0.05, 0.1) is 6.61 Å². The molecule has 166 valence electrons. The van der Waals surface area contributed by atoms with Gasteiger partial charge in [-0.2, -0.15) is 0 Å². The number of benzene rings is 2. The molecule has 0 saturated carbocycles. The Hall–Kier alpha value is -2.20. The molecule has 31 heavy (non-hydrogen) atoms. The van der Waals surface area contributed by atoms with Crippen LogP contribution in [0.1, 0.15) is 22.7 Å². The van der Waals surface area contributed by atoms with Gasteiger partial charge in [0.15, 0.2) is 11.5 Å². The second kappa shape index (κ2) is 7.74. The number of rotatable bonds is 3. The van der Waals surface area contributed by atoms with Crippen LogP contribution in [0.2, 0.25) is 0 Å². The van der Waals surface area contributed by atoms with Crippen molar-refractivity contribution in [1.82, 2.24) is 4.90 Å². The van der Waals surface area contributed by atoms with Crippen LogP contribution < -0.4 is 4.74 Å². The SMILES string of the molecule is CN1CCc2cccc3c2[C@H]1Cc1ccc(O)c(OC2OC(CO)C(O)C(O)C2O)c1-3. The maximum absolute atomic E-state index is 10.7. The smallest absolute Gasteiger partial charge is 0.229 e. The summed E-state index contributed by atoms with van der Waals surface area (Å²) in [6.07, 6.45) is -5.36. The summed E-state index contributed by atoms with van der Waals surface area (Å²) in [6, 6.07) is 9.79. The first-order valence-corrected chi connectivity index (χ1v) is 10.5. The topological polar surface area (TPSA) is 123 Å². The molecule has 1 aliphatic carbocycles. The minimum Gasteiger partial charge on any atom is -0.504 e. The summed E-state index contributed by atoms with van der Waals surface area (Å²) >= 11 is 0. The van der Waals surface area contributed by atoms with E-state index < -0.39 is 37.3 Å². The molecule has 1 fully saturated rings. The van der Waals surface area contributed by atoms with Gasteiger partial charge >= 0.3 is 0 Å². The van der Waals surface area contributed by atoms with Gasteiger partial charge in [-0.25, -0.2) is 0 Å². The third kappa shape index (κ3) is 3.22. The number of fused-ring (bicyclic) bond motifs is 2. The molecule has 2 aromatic carbocycles. The molecule has 2 aromatic rings. The fourth-order valence-electron chi connectivity index (χ4n) is 5.06. The maximum atomic E-state index is 10.7. The molecule has 3 aliphatic rings. The largest absolute Gasteiger partial charge is 0.504 e. The lowest BCUT2D eigenvalue weighted by atomic mass is 9.77. The number of nitrogens with zero attached hydrogens (tertiary/aromatic N) is 1. The average molecular weight is 429 g/mol. The van der Waals surface area contributed by atoms with Gasteiger partial charge < -0.3 is 35.0 Å². The quantitative estimate of drug-likeness (QED) is 0.473. The number of phenols is 1. The zero-order chi connectivity index (χ0) is 21.9. The zero-order valence-electron chi connectivity index (χ0n) is 17.2. The highest BCUT2D eigenvalue weighted by Gasteiger charge is 2.45. The van der Waals surface area contributed by atoms with E-state index in [4.69, 9.17) is 9.47 Å². The second-order valence-electron chi connectivity index (χ2n) is 8.59. The van der Waals surface area contributed by atoms with Crippen molar-refractivity contribution in [3.05, 3.63) is 47.0 Å². The Morgan fingerprint density at radius 1 is 1.06 bits per heavy atom. The number of hydrogen-bond acceptors (Lipinski definition) is 8. The van der Waals surface area contributed by atoms with Crippen LogP contribution in [0.4, 0.5) is 0 Å². The Morgan fingerprint density at radius 3 is 2.65 bits per heavy atom. The lowest BCUT2D eigenvalue weighted by molar-refractivity contribution is -0.277. The van der Waals surface area contributed by atoms with Crippen LogP contribution in [0.5, 0.6) is 11.5 Å². The molecule has 6 atom stereocenters. The Balaban J connectivity index is 1.59. The Kier molecular flexibility index (Phi) is 5.16. The van der Waals surface area contributed by atoms with Crippen molar-refractivity contribution in [3.63, 3.8) is 0 Å². The van der Waals surface area contributed by atoms with Crippen LogP contribution in [0.3, 0.4) is 0 Å². The van der Waals surface area contributed by atoms with E-state index in [1.54, 1.807) is 6.07 Å². The average Bonchev–Trinajstić information content (AvgIpc) is 2.78. The van der Waals surface area contributed by atoms with Crippen molar-refractivity contribution in [2.75, 3.05) is 20.2 Å². The molecule has 1 saturated heterocycles. The van der Waals surface area contributed by atoms with Gasteiger partial charge in [0, 0.05) is 18.2 Å². The molecule has 2 heterocycles. The van der Waals surface area contributed by atoms with E-state index in [1.807, 2.05) is 18.2 Å². The van der Waals surface area contributed by atoms with E-state index in [2.05, 4.69) is 18.0 Å². The Morgan fingerprint density at radius 2 is 1.87 bits per heavy atom. The standard InChI is InChI=1S/C23H27NO7/c1-24-8-7-11-3-2-4-13-17(11)14(24)9-12-5-6-15(26)22(18(12)13)31-23-21(29)20(28)19(27)16(10-25)30-23/h2-6,14,16,19-21,23,25-29H,7-10H2,1H3/t14-,16?,19?,20?,21?,23?/m1/s1. The summed E-state index contributed by atoms with van der Waals surface area (Å²) in [5, 5.41) is 50.7. The molecular weight excluding hydrogens is 402 g/mol. The first kappa shape index (κ1) is 20.7. The summed E-state index contributed by atoms with van der Waals surface area (Å²) in [7, 11) is 2.11. The highest BCUT2D eigenvalue weighted by atomic mass is 16.7. The summed E-state index contributed by atoms with van der Waals surface area (Å²) in [5.74, 6) is 0.0397. The number of phenolic OH excluding ortho intramolecular Hbond substituents is 1. The van der Waals surface area contributed by atoms with Crippen LogP contribution in [0, 0.1) is 0 Å². The van der Waals surface area contributed by atoms with Crippen molar-refractivity contribution in [3.8, 4) is 22.6 Å². The van der Waals surface area contributed by atoms with Crippen molar-refractivity contribution in [2.45, 2.75) is 49.6 Å². The number of likely N-dealkylation sites (N-methyl/N-ethyl adjacent to an activating group) is 1. The second-order valence-corrected chi connectivity index (χ2v) is 8.59. The minimum absolute atomic E-state index is 0.115. The monoisotopic (exact) mass is 429 g/mol. The molecule has 0 amide bonds. The Bertz CT molecular complexity index is 994. The molecule has 5 N–H and O–H groups in total. The fourth-order valence-corrected chi connectivity index (χ4v) is 5.06. The van der Waals surface area contributed by atoms with Gasteiger partial charge in [0.2, 0.25) is 6.29 Å². The molecule has 0 bridgehead atoms. The fraction of sp³-hybridized carbons (Fsp3) is 0.478. The highest BCUT2D eigenvalue weighted by Crippen LogP contribution is 2.51. The van der Waals surface area contributed by atoms with Crippen molar-refractivity contribution >= 4 is 0 Å². The molecule has 8 heteroatoms. The Labute approximate surface area is 179 Å². The van der Waals surface area contributed by atoms with E-state index in [-0.39, 0.29) is 17.5 Å². The van der Waals surface area contributed by atoms with Gasteiger partial charge in [-0.15, -0.1) is 0 Å². The first-order chi connectivity index (χ1) is 14.9. The van der Waals surface area contributed by atoms with Crippen LogP contribution in [-0.4, -0.2) is 81.3 Å². The number of aliphatic hydroxyl groups excluding tert-OH is 4. The van der Waals surface area contributed by atoms with Crippen LogP contribution in [-0.2, 0) is 17.6 Å². The zero-order valence-corrected chi connectivity index (χ0v) is 17.2. The molecule has 0 radical (unpaired) electrons. The van der Waals surface area contributed by atoms with E-state index in [9.17, 15) is 25.5 Å². The molecule has 5 rings (SSSR count). The van der Waals surface area contributed by atoms with Gasteiger partial charge in [0.1, 0.15) is 24.4 Å². The molecular formula is C23H27NO7. The molecule has 8 nitrogen and oxygen atoms in total. The summed E-state index contributed by atoms with van der Waals surface area (Å²) in [6.45, 7) is 0.423. The van der Waals surface area contributed by atoms with Crippen molar-refractivity contribution < 1.29 is 35.0 Å². The van der Waals surface area contributed by atoms with Gasteiger partial charge in [0.25, 0.3) is 0 Å². The van der Waals surface area contributed by atoms with Crippen molar-refractivity contribution in [2.24, 2.45) is 0 Å². The first-order valence-electron chi connectivity index (χ1n) is 10.5. The summed E-state index contributed by atoms with van der Waals surface area (Å²) in [5.41, 5.74) is 5.19. The number of ether oxygens (including phenoxy) is 2. The third-order valence-electron chi connectivity index (χ3n) is 6.78. The third-order valence-corrected chi connectivity index (χ3v) is 6.78. The van der Waals surface area contributed by atoms with E-state index in [1.165, 1.54) is 11.1 Å². The maximum Gasteiger partial charge on any atom is 0.229 e. The van der Waals surface area contributed by atoms with Gasteiger partial charge in [-0.1, -0.05) is 24.3 Å². The molecule has 2 aliphatic heterocycles. The van der Waals surface area contributed by atoms with Crippen LogP contribution >= 0.6 is 0 Å². The lowest BCUT2D eigenvalue weighted by Gasteiger charge is -2.41. The number of aliphatic hydroxyl groups is 4. The predicted molar refractivity (Wildman–Crippen MR) is 111 cm³/mol. The van der Waals surface area contributed by atoms with Crippen LogP contribution in [0.15, 0.2) is 30.3 Å². The van der Waals surface area contributed by atoms with Gasteiger partial charge in [-0.3, -0.25) is 4.90 Å². The molecule has 0 aromatic heterocycles. The predicted octanol–water partition coefficient (Wildman–Crippen LogP) is 0.323. The number of hydrogen-bond donors (Lipinski definition) is 5. The summed E-state index contributed by atoms with van der Waals surface area (Å²) < 4.78 is 11.5. The van der Waals surface area contributed by atoms with E-state index in [0.29, 0.717) is 0 Å². The van der Waals surface area contributed by atoms with E-state index >= 15 is 0 Å². The molecule has 5 unspecified atom stereocenters.